The Kier molecular flexibility index (Phi) is 5.18. The number of aromatic nitrogens is 1. The van der Waals surface area contributed by atoms with Crippen LogP contribution >= 0.6 is 0 Å². The van der Waals surface area contributed by atoms with Crippen molar-refractivity contribution in [1.29, 1.82) is 0 Å². The summed E-state index contributed by atoms with van der Waals surface area (Å²) < 4.78 is 11.2. The summed E-state index contributed by atoms with van der Waals surface area (Å²) in [7, 11) is 0. The van der Waals surface area contributed by atoms with E-state index in [9.17, 15) is 4.79 Å². The Labute approximate surface area is 158 Å². The second kappa shape index (κ2) is 7.90. The van der Waals surface area contributed by atoms with Crippen LogP contribution in [0.5, 0.6) is 0 Å². The van der Waals surface area contributed by atoms with Crippen molar-refractivity contribution in [3.8, 4) is 11.5 Å². The van der Waals surface area contributed by atoms with Crippen LogP contribution in [0.2, 0.25) is 0 Å². The highest BCUT2D eigenvalue weighted by Crippen LogP contribution is 2.26. The molecular formula is C21H23N3O3. The van der Waals surface area contributed by atoms with Gasteiger partial charge in [-0.05, 0) is 42.3 Å². The van der Waals surface area contributed by atoms with Crippen molar-refractivity contribution in [3.05, 3.63) is 48.0 Å². The first-order valence-electron chi connectivity index (χ1n) is 9.31. The third kappa shape index (κ3) is 4.18. The van der Waals surface area contributed by atoms with Crippen LogP contribution < -0.4 is 5.32 Å². The van der Waals surface area contributed by atoms with Crippen LogP contribution in [-0.4, -0.2) is 48.6 Å². The molecule has 4 rings (SSSR count). The largest absolute Gasteiger partial charge is 0.436 e. The Bertz CT molecular complexity index is 927. The van der Waals surface area contributed by atoms with Gasteiger partial charge in [0.2, 0.25) is 11.8 Å². The highest BCUT2D eigenvalue weighted by atomic mass is 16.5. The van der Waals surface area contributed by atoms with E-state index in [1.165, 1.54) is 5.56 Å². The average Bonchev–Trinajstić information content (AvgIpc) is 3.12. The van der Waals surface area contributed by atoms with E-state index < -0.39 is 0 Å². The summed E-state index contributed by atoms with van der Waals surface area (Å²) in [5.74, 6) is 0.555. The standard InChI is InChI=1S/C21H23N3O3/c1-2-15-3-5-16(6-4-15)21-23-18-13-17(7-8-19(18)27-21)22-20(25)14-24-9-11-26-12-10-24/h3-8,13H,2,9-12,14H2,1H3,(H,22,25). The minimum Gasteiger partial charge on any atom is -0.436 e. The molecule has 0 radical (unpaired) electrons. The molecule has 1 aliphatic rings. The Morgan fingerprint density at radius 2 is 1.93 bits per heavy atom. The van der Waals surface area contributed by atoms with E-state index in [4.69, 9.17) is 9.15 Å². The predicted molar refractivity (Wildman–Crippen MR) is 105 cm³/mol. The Morgan fingerprint density at radius 3 is 2.67 bits per heavy atom. The number of carbonyl (C=O) groups is 1. The fourth-order valence-corrected chi connectivity index (χ4v) is 3.17. The smallest absolute Gasteiger partial charge is 0.238 e. The molecular weight excluding hydrogens is 342 g/mol. The van der Waals surface area contributed by atoms with Crippen molar-refractivity contribution in [1.82, 2.24) is 9.88 Å². The molecule has 1 fully saturated rings. The fraction of sp³-hybridized carbons (Fsp3) is 0.333. The fourth-order valence-electron chi connectivity index (χ4n) is 3.17. The minimum absolute atomic E-state index is 0.0323. The third-order valence-electron chi connectivity index (χ3n) is 4.75. The first-order valence-corrected chi connectivity index (χ1v) is 9.31. The van der Waals surface area contributed by atoms with Gasteiger partial charge < -0.3 is 14.5 Å². The van der Waals surface area contributed by atoms with Crippen molar-refractivity contribution >= 4 is 22.7 Å². The van der Waals surface area contributed by atoms with Crippen LogP contribution in [0.3, 0.4) is 0 Å². The van der Waals surface area contributed by atoms with Crippen LogP contribution in [0, 0.1) is 0 Å². The summed E-state index contributed by atoms with van der Waals surface area (Å²) in [5.41, 5.74) is 4.38. The molecule has 0 atom stereocenters. The molecule has 27 heavy (non-hydrogen) atoms. The van der Waals surface area contributed by atoms with Crippen LogP contribution in [0.25, 0.3) is 22.6 Å². The summed E-state index contributed by atoms with van der Waals surface area (Å²) in [6.07, 6.45) is 1.00. The lowest BCUT2D eigenvalue weighted by molar-refractivity contribution is -0.118. The summed E-state index contributed by atoms with van der Waals surface area (Å²) in [6, 6.07) is 13.7. The van der Waals surface area contributed by atoms with Crippen molar-refractivity contribution in [2.75, 3.05) is 38.2 Å². The van der Waals surface area contributed by atoms with Gasteiger partial charge in [0, 0.05) is 24.3 Å². The van der Waals surface area contributed by atoms with Crippen molar-refractivity contribution in [3.63, 3.8) is 0 Å². The molecule has 0 spiro atoms. The molecule has 1 aromatic heterocycles. The van der Waals surface area contributed by atoms with Gasteiger partial charge in [0.1, 0.15) is 5.52 Å². The molecule has 1 saturated heterocycles. The number of anilines is 1. The zero-order chi connectivity index (χ0) is 18.6. The number of aryl methyl sites for hydroxylation is 1. The number of rotatable bonds is 5. The molecule has 2 aromatic carbocycles. The number of benzene rings is 2. The maximum absolute atomic E-state index is 12.3. The Balaban J connectivity index is 1.47. The quantitative estimate of drug-likeness (QED) is 0.751. The second-order valence-corrected chi connectivity index (χ2v) is 6.69. The van der Waals surface area contributed by atoms with E-state index in [-0.39, 0.29) is 5.91 Å². The van der Waals surface area contributed by atoms with E-state index in [1.54, 1.807) is 0 Å². The summed E-state index contributed by atoms with van der Waals surface area (Å²) >= 11 is 0. The van der Waals surface area contributed by atoms with Crippen LogP contribution in [0.15, 0.2) is 46.9 Å². The molecule has 2 heterocycles. The normalized spacial score (nSPS) is 15.1. The number of amides is 1. The van der Waals surface area contributed by atoms with Gasteiger partial charge in [0.25, 0.3) is 0 Å². The maximum Gasteiger partial charge on any atom is 0.238 e. The molecule has 1 aliphatic heterocycles. The summed E-state index contributed by atoms with van der Waals surface area (Å²) in [6.45, 7) is 5.44. The number of morpholine rings is 1. The lowest BCUT2D eigenvalue weighted by Crippen LogP contribution is -2.41. The molecule has 0 bridgehead atoms. The summed E-state index contributed by atoms with van der Waals surface area (Å²) in [4.78, 5) is 18.9. The van der Waals surface area contributed by atoms with Gasteiger partial charge in [-0.15, -0.1) is 0 Å². The second-order valence-electron chi connectivity index (χ2n) is 6.69. The molecule has 0 unspecified atom stereocenters. The van der Waals surface area contributed by atoms with Crippen molar-refractivity contribution in [2.24, 2.45) is 0 Å². The minimum atomic E-state index is -0.0323. The zero-order valence-electron chi connectivity index (χ0n) is 15.4. The Morgan fingerprint density at radius 1 is 1.15 bits per heavy atom. The number of carbonyl (C=O) groups excluding carboxylic acids is 1. The number of nitrogens with zero attached hydrogens (tertiary/aromatic N) is 2. The monoisotopic (exact) mass is 365 g/mol. The topological polar surface area (TPSA) is 67.6 Å². The number of hydrogen-bond donors (Lipinski definition) is 1. The molecule has 6 nitrogen and oxygen atoms in total. The van der Waals surface area contributed by atoms with Crippen LogP contribution in [0.4, 0.5) is 5.69 Å². The summed E-state index contributed by atoms with van der Waals surface area (Å²) in [5, 5.41) is 2.94. The van der Waals surface area contributed by atoms with Crippen molar-refractivity contribution in [2.45, 2.75) is 13.3 Å². The van der Waals surface area contributed by atoms with Gasteiger partial charge in [-0.2, -0.15) is 0 Å². The molecule has 0 aliphatic carbocycles. The first kappa shape index (κ1) is 17.7. The van der Waals surface area contributed by atoms with Gasteiger partial charge in [0.15, 0.2) is 5.58 Å². The average molecular weight is 365 g/mol. The number of fused-ring (bicyclic) bond motifs is 1. The number of hydrogen-bond acceptors (Lipinski definition) is 5. The Hall–Kier alpha value is -2.70. The first-order chi connectivity index (χ1) is 13.2. The van der Waals surface area contributed by atoms with E-state index >= 15 is 0 Å². The lowest BCUT2D eigenvalue weighted by Gasteiger charge is -2.25. The van der Waals surface area contributed by atoms with Gasteiger partial charge >= 0.3 is 0 Å². The predicted octanol–water partition coefficient (Wildman–Crippen LogP) is 3.33. The molecule has 3 aromatic rings. The van der Waals surface area contributed by atoms with Gasteiger partial charge in [-0.1, -0.05) is 19.1 Å². The number of ether oxygens (including phenoxy) is 1. The van der Waals surface area contributed by atoms with E-state index in [2.05, 4.69) is 34.3 Å². The number of nitrogens with one attached hydrogen (secondary N) is 1. The van der Waals surface area contributed by atoms with E-state index in [0.717, 1.165) is 36.3 Å². The zero-order valence-corrected chi connectivity index (χ0v) is 15.4. The molecule has 6 heteroatoms. The molecule has 140 valence electrons. The molecule has 0 saturated carbocycles. The lowest BCUT2D eigenvalue weighted by atomic mass is 10.1. The maximum atomic E-state index is 12.3. The third-order valence-corrected chi connectivity index (χ3v) is 4.75. The van der Waals surface area contributed by atoms with E-state index in [1.807, 2.05) is 30.3 Å². The highest BCUT2D eigenvalue weighted by molar-refractivity contribution is 5.94. The molecule has 1 N–H and O–H groups in total. The van der Waals surface area contributed by atoms with Gasteiger partial charge in [0.05, 0.1) is 19.8 Å². The van der Waals surface area contributed by atoms with E-state index in [0.29, 0.717) is 31.2 Å². The van der Waals surface area contributed by atoms with Crippen LogP contribution in [-0.2, 0) is 16.0 Å². The van der Waals surface area contributed by atoms with Gasteiger partial charge in [-0.3, -0.25) is 9.69 Å². The number of oxazole rings is 1. The van der Waals surface area contributed by atoms with Gasteiger partial charge in [-0.25, -0.2) is 4.98 Å². The molecule has 1 amide bonds. The van der Waals surface area contributed by atoms with Crippen LogP contribution in [0.1, 0.15) is 12.5 Å². The van der Waals surface area contributed by atoms with Crippen molar-refractivity contribution < 1.29 is 13.9 Å². The SMILES string of the molecule is CCc1ccc(-c2nc3cc(NC(=O)CN4CCOCC4)ccc3o2)cc1. The highest BCUT2D eigenvalue weighted by Gasteiger charge is 2.15.